The summed E-state index contributed by atoms with van der Waals surface area (Å²) in [4.78, 5) is 11.5. The molecule has 2 aromatic heterocycles. The third-order valence-electron chi connectivity index (χ3n) is 7.49. The Morgan fingerprint density at radius 3 is 2.77 bits per heavy atom. The SMILES string of the molecule is C[C@@]12CCC[C@@H](C[C@H](N(c3cnc(-c4ccc(-c5cnc(C#N)s5)cc4O)nn3)C3CC3)[C@@H]1F)N2. The van der Waals surface area contributed by atoms with Crippen LogP contribution < -0.4 is 10.2 Å². The number of nitrogens with one attached hydrogen (secondary N) is 1. The lowest BCUT2D eigenvalue weighted by Crippen LogP contribution is -2.69. The summed E-state index contributed by atoms with van der Waals surface area (Å²) in [7, 11) is 0. The minimum atomic E-state index is -0.994. The van der Waals surface area contributed by atoms with Gasteiger partial charge in [-0.25, -0.2) is 14.4 Å². The van der Waals surface area contributed by atoms with Gasteiger partial charge >= 0.3 is 0 Å². The van der Waals surface area contributed by atoms with Crippen molar-refractivity contribution in [3.63, 3.8) is 0 Å². The number of anilines is 1. The smallest absolute Gasteiger partial charge is 0.194 e. The second-order valence-electron chi connectivity index (χ2n) is 10.0. The van der Waals surface area contributed by atoms with Gasteiger partial charge in [0.05, 0.1) is 22.7 Å². The van der Waals surface area contributed by atoms with Crippen LogP contribution in [-0.2, 0) is 0 Å². The van der Waals surface area contributed by atoms with Gasteiger partial charge in [0.1, 0.15) is 18.0 Å². The van der Waals surface area contributed by atoms with Crippen LogP contribution in [-0.4, -0.2) is 55.1 Å². The van der Waals surface area contributed by atoms with Crippen molar-refractivity contribution in [1.29, 1.82) is 5.26 Å². The van der Waals surface area contributed by atoms with E-state index in [1.165, 1.54) is 11.3 Å². The number of aromatic nitrogens is 4. The molecule has 4 heterocycles. The summed E-state index contributed by atoms with van der Waals surface area (Å²) < 4.78 is 15.8. The van der Waals surface area contributed by atoms with Crippen LogP contribution in [0.4, 0.5) is 10.2 Å². The zero-order valence-corrected chi connectivity index (χ0v) is 20.2. The van der Waals surface area contributed by atoms with Gasteiger partial charge in [-0.1, -0.05) is 6.07 Å². The molecule has 1 aromatic carbocycles. The van der Waals surface area contributed by atoms with Crippen LogP contribution >= 0.6 is 11.3 Å². The first-order valence-corrected chi connectivity index (χ1v) is 12.9. The summed E-state index contributed by atoms with van der Waals surface area (Å²) >= 11 is 1.26. The predicted molar refractivity (Wildman–Crippen MR) is 131 cm³/mol. The first-order valence-electron chi connectivity index (χ1n) is 12.0. The highest BCUT2D eigenvalue weighted by Crippen LogP contribution is 2.43. The Kier molecular flexibility index (Phi) is 5.42. The summed E-state index contributed by atoms with van der Waals surface area (Å²) in [5, 5.41) is 32.3. The number of rotatable bonds is 5. The van der Waals surface area contributed by atoms with Gasteiger partial charge < -0.3 is 15.3 Å². The molecule has 2 bridgehead atoms. The van der Waals surface area contributed by atoms with Crippen LogP contribution in [0.3, 0.4) is 0 Å². The Morgan fingerprint density at radius 2 is 2.09 bits per heavy atom. The molecule has 3 aliphatic rings. The molecule has 1 aliphatic carbocycles. The van der Waals surface area contributed by atoms with Gasteiger partial charge in [-0.15, -0.1) is 21.5 Å². The number of nitriles is 1. The van der Waals surface area contributed by atoms with Crippen LogP contribution in [0.25, 0.3) is 21.8 Å². The number of thiazole rings is 1. The predicted octanol–water partition coefficient (Wildman–Crippen LogP) is 4.22. The second-order valence-corrected chi connectivity index (χ2v) is 11.0. The molecule has 0 radical (unpaired) electrons. The fraction of sp³-hybridized carbons (Fsp3) is 0.480. The Morgan fingerprint density at radius 1 is 1.23 bits per heavy atom. The fourth-order valence-corrected chi connectivity index (χ4v) is 6.34. The number of fused-ring (bicyclic) bond motifs is 2. The van der Waals surface area contributed by atoms with Gasteiger partial charge in [-0.3, -0.25) is 0 Å². The van der Waals surface area contributed by atoms with Gasteiger partial charge in [-0.05, 0) is 63.1 Å². The number of halogens is 1. The van der Waals surface area contributed by atoms with Crippen molar-refractivity contribution in [1.82, 2.24) is 25.5 Å². The number of hydrogen-bond donors (Lipinski definition) is 2. The van der Waals surface area contributed by atoms with E-state index in [1.807, 2.05) is 19.1 Å². The number of benzene rings is 1. The molecular formula is C25H26FN7OS. The van der Waals surface area contributed by atoms with E-state index in [4.69, 9.17) is 5.26 Å². The number of piperidine rings is 2. The summed E-state index contributed by atoms with van der Waals surface area (Å²) in [6.07, 6.45) is 8.06. The van der Waals surface area contributed by atoms with Gasteiger partial charge in [0.15, 0.2) is 16.6 Å². The quantitative estimate of drug-likeness (QED) is 0.546. The molecule has 0 unspecified atom stereocenters. The first kappa shape index (κ1) is 22.3. The molecular weight excluding hydrogens is 465 g/mol. The molecule has 2 N–H and O–H groups in total. The Hall–Kier alpha value is -3.16. The maximum atomic E-state index is 15.8. The topological polar surface area (TPSA) is 111 Å². The standard InChI is InChI=1S/C25H26FN7OS/c1-25-8-2-3-15(30-25)10-18(23(25)26)33(16-5-6-16)21-13-29-24(32-31-21)17-7-4-14(9-19(17)34)20-12-28-22(11-27)35-20/h4,7,9,12-13,15-16,18,23,30,34H,2-3,5-6,8,10H2,1H3/t15-,18-,23-,25+/m0/s1. The van der Waals surface area contributed by atoms with Crippen molar-refractivity contribution in [2.75, 3.05) is 4.90 Å². The van der Waals surface area contributed by atoms with Crippen LogP contribution in [0.5, 0.6) is 5.75 Å². The van der Waals surface area contributed by atoms with Crippen LogP contribution in [0.15, 0.2) is 30.6 Å². The summed E-state index contributed by atoms with van der Waals surface area (Å²) in [5.74, 6) is 0.921. The molecule has 2 aliphatic heterocycles. The van der Waals surface area contributed by atoms with Gasteiger partial charge in [0.25, 0.3) is 0 Å². The maximum Gasteiger partial charge on any atom is 0.194 e. The third kappa shape index (κ3) is 4.02. The van der Waals surface area contributed by atoms with Crippen LogP contribution in [0, 0.1) is 11.3 Å². The second kappa shape index (κ2) is 8.50. The molecule has 8 nitrogen and oxygen atoms in total. The minimum Gasteiger partial charge on any atom is -0.507 e. The molecule has 3 aromatic rings. The van der Waals surface area contributed by atoms with E-state index >= 15 is 4.39 Å². The fourth-order valence-electron chi connectivity index (χ4n) is 5.64. The van der Waals surface area contributed by atoms with E-state index in [1.54, 1.807) is 24.5 Å². The molecule has 2 saturated heterocycles. The van der Waals surface area contributed by atoms with Crippen LogP contribution in [0.2, 0.25) is 0 Å². The van der Waals surface area contributed by atoms with E-state index in [9.17, 15) is 5.11 Å². The highest BCUT2D eigenvalue weighted by molar-refractivity contribution is 7.15. The Bertz CT molecular complexity index is 1290. The summed E-state index contributed by atoms with van der Waals surface area (Å²) in [6.45, 7) is 2.01. The van der Waals surface area contributed by atoms with Crippen molar-refractivity contribution >= 4 is 17.2 Å². The molecule has 1 saturated carbocycles. The van der Waals surface area contributed by atoms with E-state index in [-0.39, 0.29) is 17.8 Å². The van der Waals surface area contributed by atoms with E-state index < -0.39 is 11.7 Å². The number of aromatic hydroxyl groups is 1. The average Bonchev–Trinajstić information content (AvgIpc) is 3.57. The normalized spacial score (nSPS) is 27.9. The van der Waals surface area contributed by atoms with E-state index in [2.05, 4.69) is 30.4 Å². The Balaban J connectivity index is 1.26. The lowest BCUT2D eigenvalue weighted by Gasteiger charge is -2.52. The molecule has 3 fully saturated rings. The average molecular weight is 492 g/mol. The van der Waals surface area contributed by atoms with Crippen molar-refractivity contribution in [3.05, 3.63) is 35.6 Å². The van der Waals surface area contributed by atoms with E-state index in [0.29, 0.717) is 28.3 Å². The molecule has 4 atom stereocenters. The van der Waals surface area contributed by atoms with Crippen molar-refractivity contribution < 1.29 is 9.50 Å². The maximum absolute atomic E-state index is 15.8. The largest absolute Gasteiger partial charge is 0.507 e. The number of hydrogen-bond acceptors (Lipinski definition) is 9. The van der Waals surface area contributed by atoms with E-state index in [0.717, 1.165) is 49.0 Å². The number of phenols is 1. The molecule has 180 valence electrons. The molecule has 35 heavy (non-hydrogen) atoms. The van der Waals surface area contributed by atoms with Crippen molar-refractivity contribution in [2.24, 2.45) is 0 Å². The lowest BCUT2D eigenvalue weighted by atomic mass is 9.73. The van der Waals surface area contributed by atoms with Gasteiger partial charge in [0, 0.05) is 23.8 Å². The molecule has 6 rings (SSSR count). The number of alkyl halides is 1. The zero-order valence-electron chi connectivity index (χ0n) is 19.4. The Labute approximate surface area is 206 Å². The van der Waals surface area contributed by atoms with Gasteiger partial charge in [0.2, 0.25) is 0 Å². The highest BCUT2D eigenvalue weighted by atomic mass is 32.1. The molecule has 10 heteroatoms. The monoisotopic (exact) mass is 491 g/mol. The molecule has 0 spiro atoms. The van der Waals surface area contributed by atoms with Crippen molar-refractivity contribution in [3.8, 4) is 33.6 Å². The molecule has 0 amide bonds. The highest BCUT2D eigenvalue weighted by Gasteiger charge is 2.52. The van der Waals surface area contributed by atoms with Gasteiger partial charge in [-0.2, -0.15) is 5.26 Å². The number of phenolic OH excluding ortho intramolecular Hbond substituents is 1. The third-order valence-corrected chi connectivity index (χ3v) is 8.44. The zero-order chi connectivity index (χ0) is 24.2. The lowest BCUT2D eigenvalue weighted by molar-refractivity contribution is 0.0385. The van der Waals surface area contributed by atoms with Crippen LogP contribution in [0.1, 0.15) is 50.5 Å². The summed E-state index contributed by atoms with van der Waals surface area (Å²) in [6, 6.07) is 7.55. The van der Waals surface area contributed by atoms with Crippen molar-refractivity contribution in [2.45, 2.75) is 75.3 Å². The first-order chi connectivity index (χ1) is 16.9. The number of nitrogens with zero attached hydrogens (tertiary/aromatic N) is 6. The summed E-state index contributed by atoms with van der Waals surface area (Å²) in [5.41, 5.74) is 0.719. The minimum absolute atomic E-state index is 0.0194.